The lowest BCUT2D eigenvalue weighted by molar-refractivity contribution is 0.242. The molecule has 1 aromatic carbocycles. The summed E-state index contributed by atoms with van der Waals surface area (Å²) in [5, 5.41) is 6.86. The monoisotopic (exact) mass is 291 g/mol. The molecule has 21 heavy (non-hydrogen) atoms. The van der Waals surface area contributed by atoms with Gasteiger partial charge in [0.15, 0.2) is 0 Å². The van der Waals surface area contributed by atoms with Crippen LogP contribution >= 0.6 is 0 Å². The molecule has 0 atom stereocenters. The molecular formula is C17H29N3O. The summed E-state index contributed by atoms with van der Waals surface area (Å²) in [7, 11) is 0. The third kappa shape index (κ3) is 4.90. The van der Waals surface area contributed by atoms with Crippen LogP contribution in [0.2, 0.25) is 0 Å². The number of nitrogens with zero attached hydrogens (tertiary/aromatic N) is 1. The maximum atomic E-state index is 6.06. The molecule has 1 heterocycles. The minimum atomic E-state index is 0.194. The van der Waals surface area contributed by atoms with E-state index in [1.54, 1.807) is 0 Å². The molecule has 0 unspecified atom stereocenters. The van der Waals surface area contributed by atoms with Crippen molar-refractivity contribution in [1.29, 1.82) is 0 Å². The Labute approximate surface area is 128 Å². The maximum absolute atomic E-state index is 6.06. The Morgan fingerprint density at radius 1 is 1.19 bits per heavy atom. The summed E-state index contributed by atoms with van der Waals surface area (Å²) in [6.45, 7) is 13.5. The molecule has 0 aromatic heterocycles. The van der Waals surface area contributed by atoms with Crippen molar-refractivity contribution >= 4 is 5.69 Å². The lowest BCUT2D eigenvalue weighted by atomic mass is 10.1. The van der Waals surface area contributed by atoms with Gasteiger partial charge in [0.1, 0.15) is 5.75 Å². The van der Waals surface area contributed by atoms with Crippen molar-refractivity contribution in [2.75, 3.05) is 31.1 Å². The van der Waals surface area contributed by atoms with Crippen LogP contribution < -0.4 is 20.3 Å². The smallest absolute Gasteiger partial charge is 0.143 e. The van der Waals surface area contributed by atoms with E-state index in [4.69, 9.17) is 4.74 Å². The Hall–Kier alpha value is -1.26. The fraction of sp³-hybridized carbons (Fsp3) is 0.647. The summed E-state index contributed by atoms with van der Waals surface area (Å²) in [6.07, 6.45) is 0.194. The fourth-order valence-electron chi connectivity index (χ4n) is 2.51. The maximum Gasteiger partial charge on any atom is 0.143 e. The van der Waals surface area contributed by atoms with Gasteiger partial charge in [-0.1, -0.05) is 19.9 Å². The molecule has 4 nitrogen and oxygen atoms in total. The number of piperazine rings is 1. The summed E-state index contributed by atoms with van der Waals surface area (Å²) in [4.78, 5) is 2.41. The zero-order valence-electron chi connectivity index (χ0n) is 13.8. The highest BCUT2D eigenvalue weighted by Gasteiger charge is 2.16. The first-order valence-corrected chi connectivity index (χ1v) is 8.05. The highest BCUT2D eigenvalue weighted by molar-refractivity contribution is 5.60. The average molecular weight is 291 g/mol. The van der Waals surface area contributed by atoms with Gasteiger partial charge < -0.3 is 20.3 Å². The van der Waals surface area contributed by atoms with Gasteiger partial charge in [-0.3, -0.25) is 0 Å². The minimum Gasteiger partial charge on any atom is -0.489 e. The summed E-state index contributed by atoms with van der Waals surface area (Å²) >= 11 is 0. The van der Waals surface area contributed by atoms with Gasteiger partial charge in [-0.05, 0) is 31.5 Å². The van der Waals surface area contributed by atoms with Crippen LogP contribution in [0.25, 0.3) is 0 Å². The van der Waals surface area contributed by atoms with Gasteiger partial charge in [-0.15, -0.1) is 0 Å². The third-order valence-corrected chi connectivity index (χ3v) is 3.56. The van der Waals surface area contributed by atoms with Crippen LogP contribution in [0.4, 0.5) is 5.69 Å². The number of ether oxygens (including phenoxy) is 1. The van der Waals surface area contributed by atoms with Crippen molar-refractivity contribution < 1.29 is 4.74 Å². The first-order chi connectivity index (χ1) is 10.1. The Bertz CT molecular complexity index is 440. The molecule has 1 aromatic rings. The van der Waals surface area contributed by atoms with Crippen LogP contribution in [-0.2, 0) is 6.54 Å². The minimum absolute atomic E-state index is 0.194. The Morgan fingerprint density at radius 2 is 1.90 bits per heavy atom. The lowest BCUT2D eigenvalue weighted by Gasteiger charge is -2.31. The molecule has 0 amide bonds. The van der Waals surface area contributed by atoms with Crippen molar-refractivity contribution in [3.63, 3.8) is 0 Å². The van der Waals surface area contributed by atoms with Gasteiger partial charge >= 0.3 is 0 Å². The number of benzene rings is 1. The molecule has 1 aliphatic rings. The highest BCUT2D eigenvalue weighted by Crippen LogP contribution is 2.30. The predicted octanol–water partition coefficient (Wildman–Crippen LogP) is 2.38. The molecular weight excluding hydrogens is 262 g/mol. The molecule has 1 aliphatic heterocycles. The van der Waals surface area contributed by atoms with E-state index in [9.17, 15) is 0 Å². The van der Waals surface area contributed by atoms with Gasteiger partial charge in [0.2, 0.25) is 0 Å². The molecule has 4 heteroatoms. The summed E-state index contributed by atoms with van der Waals surface area (Å²) in [5.74, 6) is 1.01. The van der Waals surface area contributed by atoms with Crippen molar-refractivity contribution in [2.45, 2.75) is 46.4 Å². The Morgan fingerprint density at radius 3 is 2.52 bits per heavy atom. The molecule has 2 N–H and O–H groups in total. The number of rotatable bonds is 6. The van der Waals surface area contributed by atoms with Crippen LogP contribution in [0.1, 0.15) is 33.3 Å². The van der Waals surface area contributed by atoms with Crippen molar-refractivity contribution in [2.24, 2.45) is 0 Å². The van der Waals surface area contributed by atoms with E-state index in [-0.39, 0.29) is 6.10 Å². The number of anilines is 1. The Kier molecular flexibility index (Phi) is 5.88. The van der Waals surface area contributed by atoms with Gasteiger partial charge in [-0.25, -0.2) is 0 Å². The van der Waals surface area contributed by atoms with Crippen molar-refractivity contribution in [3.8, 4) is 5.75 Å². The number of hydrogen-bond donors (Lipinski definition) is 2. The first-order valence-electron chi connectivity index (χ1n) is 8.05. The van der Waals surface area contributed by atoms with Gasteiger partial charge in [0, 0.05) is 38.8 Å². The molecule has 2 rings (SSSR count). The first kappa shape index (κ1) is 16.1. The van der Waals surface area contributed by atoms with E-state index in [0.717, 1.165) is 38.5 Å². The molecule has 0 spiro atoms. The normalized spacial score (nSPS) is 15.8. The van der Waals surface area contributed by atoms with Crippen LogP contribution in [-0.4, -0.2) is 38.3 Å². The van der Waals surface area contributed by atoms with Crippen molar-refractivity contribution in [1.82, 2.24) is 10.6 Å². The second kappa shape index (κ2) is 7.66. The molecule has 0 bridgehead atoms. The predicted molar refractivity (Wildman–Crippen MR) is 89.3 cm³/mol. The van der Waals surface area contributed by atoms with Gasteiger partial charge in [-0.2, -0.15) is 0 Å². The fourth-order valence-corrected chi connectivity index (χ4v) is 2.51. The van der Waals surface area contributed by atoms with Crippen LogP contribution in [0, 0.1) is 0 Å². The second-order valence-electron chi connectivity index (χ2n) is 6.24. The van der Waals surface area contributed by atoms with Crippen molar-refractivity contribution in [3.05, 3.63) is 23.8 Å². The van der Waals surface area contributed by atoms with Gasteiger partial charge in [0.05, 0.1) is 11.8 Å². The zero-order chi connectivity index (χ0) is 15.2. The molecule has 1 fully saturated rings. The largest absolute Gasteiger partial charge is 0.489 e. The van der Waals surface area contributed by atoms with E-state index in [0.29, 0.717) is 6.04 Å². The summed E-state index contributed by atoms with van der Waals surface area (Å²) in [6, 6.07) is 7.10. The van der Waals surface area contributed by atoms with Crippen LogP contribution in [0.3, 0.4) is 0 Å². The van der Waals surface area contributed by atoms with Crippen LogP contribution in [0.5, 0.6) is 5.75 Å². The average Bonchev–Trinajstić information content (AvgIpc) is 2.45. The molecule has 118 valence electrons. The topological polar surface area (TPSA) is 36.5 Å². The Balaban J connectivity index is 2.17. The van der Waals surface area contributed by atoms with Crippen LogP contribution in [0.15, 0.2) is 18.2 Å². The van der Waals surface area contributed by atoms with E-state index < -0.39 is 0 Å². The quantitative estimate of drug-likeness (QED) is 0.844. The number of hydrogen-bond acceptors (Lipinski definition) is 4. The van der Waals surface area contributed by atoms with E-state index in [2.05, 4.69) is 61.4 Å². The van der Waals surface area contributed by atoms with E-state index in [1.807, 2.05) is 0 Å². The van der Waals surface area contributed by atoms with E-state index in [1.165, 1.54) is 11.3 Å². The molecule has 0 radical (unpaired) electrons. The lowest BCUT2D eigenvalue weighted by Crippen LogP contribution is -2.43. The van der Waals surface area contributed by atoms with E-state index >= 15 is 0 Å². The molecule has 1 saturated heterocycles. The molecule has 0 aliphatic carbocycles. The SMILES string of the molecule is CC(C)NCc1ccc(N2CCNCC2)c(OC(C)C)c1. The summed E-state index contributed by atoms with van der Waals surface area (Å²) in [5.41, 5.74) is 2.50. The zero-order valence-corrected chi connectivity index (χ0v) is 13.8. The molecule has 0 saturated carbocycles. The standard InChI is InChI=1S/C17H29N3O/c1-13(2)19-12-15-5-6-16(17(11-15)21-14(3)4)20-9-7-18-8-10-20/h5-6,11,13-14,18-19H,7-10,12H2,1-4H3. The van der Waals surface area contributed by atoms with Gasteiger partial charge in [0.25, 0.3) is 0 Å². The highest BCUT2D eigenvalue weighted by atomic mass is 16.5. The second-order valence-corrected chi connectivity index (χ2v) is 6.24. The third-order valence-electron chi connectivity index (χ3n) is 3.56. The summed E-state index contributed by atoms with van der Waals surface area (Å²) < 4.78 is 6.06. The number of nitrogens with one attached hydrogen (secondary N) is 2.